The van der Waals surface area contributed by atoms with E-state index in [0.29, 0.717) is 53.8 Å². The Balaban J connectivity index is 1.78. The van der Waals surface area contributed by atoms with E-state index in [2.05, 4.69) is 20.6 Å². The molecule has 2 heterocycles. The predicted molar refractivity (Wildman–Crippen MR) is 93.5 cm³/mol. The summed E-state index contributed by atoms with van der Waals surface area (Å²) in [6.07, 6.45) is 0. The molecule has 0 saturated carbocycles. The number of H-pyrrole nitrogens is 1. The Morgan fingerprint density at radius 2 is 2.17 bits per heavy atom. The number of halogens is 2. The SMILES string of the molecule is NCCN1CNc2c1nc(NCc1ccc(Cl)c(Cl)c1)[nH]c2=O. The van der Waals surface area contributed by atoms with Gasteiger partial charge in [-0.1, -0.05) is 29.3 Å². The van der Waals surface area contributed by atoms with Crippen LogP contribution in [-0.2, 0) is 6.54 Å². The van der Waals surface area contributed by atoms with Crippen LogP contribution in [0.15, 0.2) is 23.0 Å². The third-order valence-corrected chi connectivity index (χ3v) is 4.23. The monoisotopic (exact) mass is 354 g/mol. The first-order valence-electron chi connectivity index (χ1n) is 7.09. The number of hydrogen-bond donors (Lipinski definition) is 4. The van der Waals surface area contributed by atoms with E-state index in [0.717, 1.165) is 5.56 Å². The summed E-state index contributed by atoms with van der Waals surface area (Å²) in [5.41, 5.74) is 6.76. The fourth-order valence-electron chi connectivity index (χ4n) is 2.36. The summed E-state index contributed by atoms with van der Waals surface area (Å²) < 4.78 is 0. The van der Waals surface area contributed by atoms with Gasteiger partial charge in [-0.25, -0.2) is 0 Å². The second-order valence-electron chi connectivity index (χ2n) is 5.10. The molecular formula is C14H16Cl2N6O. The lowest BCUT2D eigenvalue weighted by Gasteiger charge is -2.16. The third kappa shape index (κ3) is 3.36. The minimum atomic E-state index is -0.217. The minimum Gasteiger partial charge on any atom is -0.360 e. The molecule has 1 aromatic carbocycles. The van der Waals surface area contributed by atoms with Crippen molar-refractivity contribution in [3.05, 3.63) is 44.2 Å². The first-order valence-corrected chi connectivity index (χ1v) is 7.85. The largest absolute Gasteiger partial charge is 0.360 e. The van der Waals surface area contributed by atoms with Gasteiger partial charge in [-0.3, -0.25) is 9.78 Å². The Hall–Kier alpha value is -1.96. The Morgan fingerprint density at radius 1 is 1.35 bits per heavy atom. The first kappa shape index (κ1) is 15.9. The molecular weight excluding hydrogens is 339 g/mol. The van der Waals surface area contributed by atoms with E-state index < -0.39 is 0 Å². The lowest BCUT2D eigenvalue weighted by Crippen LogP contribution is -2.29. The number of nitrogens with one attached hydrogen (secondary N) is 3. The Labute approximate surface area is 142 Å². The molecule has 0 radical (unpaired) electrons. The summed E-state index contributed by atoms with van der Waals surface area (Å²) in [7, 11) is 0. The average Bonchev–Trinajstić information content (AvgIpc) is 2.93. The second kappa shape index (κ2) is 6.66. The van der Waals surface area contributed by atoms with Crippen LogP contribution in [0.1, 0.15) is 5.56 Å². The van der Waals surface area contributed by atoms with E-state index in [1.807, 2.05) is 11.0 Å². The quantitative estimate of drug-likeness (QED) is 0.653. The van der Waals surface area contributed by atoms with Gasteiger partial charge in [0.2, 0.25) is 5.95 Å². The number of anilines is 3. The van der Waals surface area contributed by atoms with Crippen molar-refractivity contribution in [2.24, 2.45) is 5.73 Å². The van der Waals surface area contributed by atoms with E-state index in [9.17, 15) is 4.79 Å². The highest BCUT2D eigenvalue weighted by molar-refractivity contribution is 6.42. The second-order valence-corrected chi connectivity index (χ2v) is 5.92. The predicted octanol–water partition coefficient (Wildman–Crippen LogP) is 1.84. The van der Waals surface area contributed by atoms with Crippen molar-refractivity contribution in [2.75, 3.05) is 35.3 Å². The highest BCUT2D eigenvalue weighted by atomic mass is 35.5. The summed E-state index contributed by atoms with van der Waals surface area (Å²) in [6, 6.07) is 5.35. The van der Waals surface area contributed by atoms with Crippen molar-refractivity contribution in [1.82, 2.24) is 9.97 Å². The van der Waals surface area contributed by atoms with Crippen LogP contribution in [0.2, 0.25) is 10.0 Å². The van der Waals surface area contributed by atoms with E-state index in [-0.39, 0.29) is 5.56 Å². The van der Waals surface area contributed by atoms with Gasteiger partial charge in [-0.05, 0) is 17.7 Å². The van der Waals surface area contributed by atoms with E-state index >= 15 is 0 Å². The molecule has 5 N–H and O–H groups in total. The number of benzene rings is 1. The van der Waals surface area contributed by atoms with Gasteiger partial charge in [0.25, 0.3) is 5.56 Å². The van der Waals surface area contributed by atoms with Crippen molar-refractivity contribution in [3.8, 4) is 0 Å². The van der Waals surface area contributed by atoms with Gasteiger partial charge in [-0.15, -0.1) is 0 Å². The van der Waals surface area contributed by atoms with Crippen LogP contribution in [0.25, 0.3) is 0 Å². The summed E-state index contributed by atoms with van der Waals surface area (Å²) in [5, 5.41) is 7.10. The maximum absolute atomic E-state index is 12.1. The molecule has 0 fully saturated rings. The maximum atomic E-state index is 12.1. The highest BCUT2D eigenvalue weighted by Crippen LogP contribution is 2.26. The van der Waals surface area contributed by atoms with Crippen molar-refractivity contribution in [2.45, 2.75) is 6.54 Å². The molecule has 1 aromatic heterocycles. The van der Waals surface area contributed by atoms with Gasteiger partial charge in [0.05, 0.1) is 16.7 Å². The van der Waals surface area contributed by atoms with Crippen molar-refractivity contribution < 1.29 is 0 Å². The van der Waals surface area contributed by atoms with Crippen molar-refractivity contribution in [1.29, 1.82) is 0 Å². The van der Waals surface area contributed by atoms with Crippen LogP contribution in [0.3, 0.4) is 0 Å². The molecule has 0 unspecified atom stereocenters. The van der Waals surface area contributed by atoms with Crippen molar-refractivity contribution >= 4 is 40.7 Å². The number of aromatic nitrogens is 2. The number of rotatable bonds is 5. The van der Waals surface area contributed by atoms with Crippen LogP contribution in [-0.4, -0.2) is 29.7 Å². The number of aromatic amines is 1. The van der Waals surface area contributed by atoms with Crippen LogP contribution < -0.4 is 26.8 Å². The van der Waals surface area contributed by atoms with Crippen LogP contribution in [0, 0.1) is 0 Å². The molecule has 9 heteroatoms. The lowest BCUT2D eigenvalue weighted by atomic mass is 10.2. The fraction of sp³-hybridized carbons (Fsp3) is 0.286. The molecule has 1 aliphatic rings. The summed E-state index contributed by atoms with van der Waals surface area (Å²) in [5.74, 6) is 1.00. The van der Waals surface area contributed by atoms with Gasteiger partial charge in [0, 0.05) is 19.6 Å². The molecule has 0 saturated heterocycles. The van der Waals surface area contributed by atoms with Gasteiger partial charge >= 0.3 is 0 Å². The summed E-state index contributed by atoms with van der Waals surface area (Å²) in [4.78, 5) is 21.2. The highest BCUT2D eigenvalue weighted by Gasteiger charge is 2.23. The molecule has 2 aromatic rings. The van der Waals surface area contributed by atoms with Gasteiger partial charge in [-0.2, -0.15) is 4.98 Å². The Bertz CT molecular complexity index is 778. The fourth-order valence-corrected chi connectivity index (χ4v) is 2.68. The van der Waals surface area contributed by atoms with Gasteiger partial charge in [0.15, 0.2) is 5.82 Å². The summed E-state index contributed by atoms with van der Waals surface area (Å²) >= 11 is 11.9. The number of hydrogen-bond acceptors (Lipinski definition) is 6. The zero-order valence-corrected chi connectivity index (χ0v) is 13.7. The maximum Gasteiger partial charge on any atom is 0.277 e. The average molecular weight is 355 g/mol. The molecule has 23 heavy (non-hydrogen) atoms. The Kier molecular flexibility index (Phi) is 4.61. The Morgan fingerprint density at radius 3 is 2.91 bits per heavy atom. The van der Waals surface area contributed by atoms with Crippen LogP contribution >= 0.6 is 23.2 Å². The number of nitrogens with two attached hydrogens (primary N) is 1. The van der Waals surface area contributed by atoms with E-state index in [1.165, 1.54) is 0 Å². The minimum absolute atomic E-state index is 0.217. The molecule has 0 bridgehead atoms. The van der Waals surface area contributed by atoms with Gasteiger partial charge in [0.1, 0.15) is 5.69 Å². The number of fused-ring (bicyclic) bond motifs is 1. The molecule has 0 amide bonds. The smallest absolute Gasteiger partial charge is 0.277 e. The molecule has 0 atom stereocenters. The third-order valence-electron chi connectivity index (χ3n) is 3.49. The molecule has 0 aliphatic carbocycles. The zero-order chi connectivity index (χ0) is 16.4. The van der Waals surface area contributed by atoms with E-state index in [1.54, 1.807) is 12.1 Å². The lowest BCUT2D eigenvalue weighted by molar-refractivity contribution is 0.835. The number of nitrogens with zero attached hydrogens (tertiary/aromatic N) is 2. The molecule has 0 spiro atoms. The molecule has 122 valence electrons. The normalized spacial score (nSPS) is 12.9. The van der Waals surface area contributed by atoms with E-state index in [4.69, 9.17) is 28.9 Å². The molecule has 1 aliphatic heterocycles. The summed E-state index contributed by atoms with van der Waals surface area (Å²) in [6.45, 7) is 2.10. The standard InChI is InChI=1S/C14H16Cl2N6O/c15-9-2-1-8(5-10(9)16)6-18-14-20-12-11(13(23)21-14)19-7-22(12)4-3-17/h1-2,5,19H,3-4,6-7,17H2,(H2,18,20,21,23). The van der Waals surface area contributed by atoms with Crippen molar-refractivity contribution in [3.63, 3.8) is 0 Å². The molecule has 3 rings (SSSR count). The first-order chi connectivity index (χ1) is 11.1. The van der Waals surface area contributed by atoms with Gasteiger partial charge < -0.3 is 21.3 Å². The van der Waals surface area contributed by atoms with Crippen LogP contribution in [0.4, 0.5) is 17.5 Å². The zero-order valence-electron chi connectivity index (χ0n) is 12.2. The molecule has 7 nitrogen and oxygen atoms in total. The van der Waals surface area contributed by atoms with Crippen LogP contribution in [0.5, 0.6) is 0 Å². The topological polar surface area (TPSA) is 99.1 Å².